The Kier molecular flexibility index (Phi) is 9.65. The fourth-order valence-corrected chi connectivity index (χ4v) is 1.61. The highest BCUT2D eigenvalue weighted by atomic mass is 16.6. The van der Waals surface area contributed by atoms with Crippen molar-refractivity contribution in [2.45, 2.75) is 52.2 Å². The van der Waals surface area contributed by atoms with E-state index in [1.165, 1.54) is 5.56 Å². The smallest absolute Gasteiger partial charge is 0.405 e. The molecule has 1 rings (SSSR count). The van der Waals surface area contributed by atoms with Crippen molar-refractivity contribution in [3.63, 3.8) is 0 Å². The van der Waals surface area contributed by atoms with E-state index in [9.17, 15) is 9.59 Å². The van der Waals surface area contributed by atoms with E-state index in [0.717, 1.165) is 12.8 Å². The summed E-state index contributed by atoms with van der Waals surface area (Å²) in [5.41, 5.74) is 11.0. The van der Waals surface area contributed by atoms with Gasteiger partial charge in [-0.15, -0.1) is 0 Å². The van der Waals surface area contributed by atoms with Gasteiger partial charge in [-0.2, -0.15) is 0 Å². The van der Waals surface area contributed by atoms with Crippen molar-refractivity contribution in [3.05, 3.63) is 35.9 Å². The molecule has 0 aliphatic rings. The van der Waals surface area contributed by atoms with Gasteiger partial charge < -0.3 is 21.5 Å². The number of amides is 2. The predicted octanol–water partition coefficient (Wildman–Crippen LogP) is 1.96. The van der Waals surface area contributed by atoms with E-state index in [4.69, 9.17) is 11.5 Å². The van der Waals surface area contributed by atoms with Crippen LogP contribution in [-0.2, 0) is 16.0 Å². The number of hydrogen-bond donors (Lipinski definition) is 3. The normalized spacial score (nSPS) is 11.7. The Morgan fingerprint density at radius 1 is 1.22 bits per heavy atom. The van der Waals surface area contributed by atoms with E-state index in [-0.39, 0.29) is 5.91 Å². The highest BCUT2D eigenvalue weighted by Crippen LogP contribution is 2.04. The number of carbonyl (C=O) groups is 2. The van der Waals surface area contributed by atoms with Gasteiger partial charge in [-0.3, -0.25) is 4.79 Å². The highest BCUT2D eigenvalue weighted by molar-refractivity contribution is 5.80. The number of nitrogens with one attached hydrogen (secondary N) is 1. The topological polar surface area (TPSA) is 107 Å². The van der Waals surface area contributed by atoms with Crippen molar-refractivity contribution >= 4 is 12.0 Å². The van der Waals surface area contributed by atoms with Crippen LogP contribution in [0.5, 0.6) is 0 Å². The maximum absolute atomic E-state index is 11.1. The third-order valence-corrected chi connectivity index (χ3v) is 2.60. The summed E-state index contributed by atoms with van der Waals surface area (Å²) in [6.45, 7) is 7.66. The Labute approximate surface area is 138 Å². The van der Waals surface area contributed by atoms with Crippen LogP contribution < -0.4 is 16.8 Å². The van der Waals surface area contributed by atoms with Crippen LogP contribution in [0.15, 0.2) is 30.3 Å². The van der Waals surface area contributed by atoms with E-state index >= 15 is 0 Å². The first-order valence-electron chi connectivity index (χ1n) is 7.67. The van der Waals surface area contributed by atoms with Crippen LogP contribution in [0.4, 0.5) is 4.79 Å². The van der Waals surface area contributed by atoms with Gasteiger partial charge in [-0.25, -0.2) is 4.79 Å². The van der Waals surface area contributed by atoms with Gasteiger partial charge in [-0.05, 0) is 46.1 Å². The van der Waals surface area contributed by atoms with E-state index in [1.54, 1.807) is 27.7 Å². The lowest BCUT2D eigenvalue weighted by atomic mass is 10.1. The molecule has 0 saturated heterocycles. The molecule has 0 bridgehead atoms. The van der Waals surface area contributed by atoms with Crippen LogP contribution in [0.25, 0.3) is 0 Å². The quantitative estimate of drug-likeness (QED) is 0.720. The van der Waals surface area contributed by atoms with Crippen molar-refractivity contribution in [2.75, 3.05) is 6.54 Å². The largest absolute Gasteiger partial charge is 0.444 e. The number of aryl methyl sites for hydroxylation is 1. The third kappa shape index (κ3) is 13.3. The van der Waals surface area contributed by atoms with E-state index in [0.29, 0.717) is 6.54 Å². The molecule has 0 aliphatic heterocycles. The first-order chi connectivity index (χ1) is 10.6. The average molecular weight is 323 g/mol. The summed E-state index contributed by atoms with van der Waals surface area (Å²) in [4.78, 5) is 21.1. The van der Waals surface area contributed by atoms with Gasteiger partial charge in [0.1, 0.15) is 5.60 Å². The Hall–Kier alpha value is -2.08. The molecular weight excluding hydrogens is 294 g/mol. The number of primary amides is 1. The molecule has 0 radical (unpaired) electrons. The molecular formula is C17H29N3O3. The van der Waals surface area contributed by atoms with Gasteiger partial charge >= 0.3 is 6.09 Å². The summed E-state index contributed by atoms with van der Waals surface area (Å²) in [6, 6.07) is 9.81. The highest BCUT2D eigenvalue weighted by Gasteiger charge is 2.12. The molecule has 1 unspecified atom stereocenters. The molecule has 1 atom stereocenters. The third-order valence-electron chi connectivity index (χ3n) is 2.60. The second-order valence-corrected chi connectivity index (χ2v) is 6.20. The number of nitrogens with two attached hydrogens (primary N) is 2. The van der Waals surface area contributed by atoms with Gasteiger partial charge in [0.25, 0.3) is 0 Å². The zero-order valence-electron chi connectivity index (χ0n) is 14.5. The summed E-state index contributed by atoms with van der Waals surface area (Å²) in [5, 5.41) is 2.79. The summed E-state index contributed by atoms with van der Waals surface area (Å²) in [7, 11) is 0. The minimum atomic E-state index is -0.725. The molecule has 1 aromatic carbocycles. The predicted molar refractivity (Wildman–Crippen MR) is 91.8 cm³/mol. The minimum Gasteiger partial charge on any atom is -0.444 e. The maximum atomic E-state index is 11.1. The van der Waals surface area contributed by atoms with E-state index in [2.05, 4.69) is 22.2 Å². The van der Waals surface area contributed by atoms with Crippen LogP contribution in [0, 0.1) is 0 Å². The molecule has 6 nitrogen and oxygen atoms in total. The van der Waals surface area contributed by atoms with Crippen molar-refractivity contribution in [1.29, 1.82) is 0 Å². The summed E-state index contributed by atoms with van der Waals surface area (Å²) < 4.78 is 4.58. The van der Waals surface area contributed by atoms with Crippen LogP contribution in [0.2, 0.25) is 0 Å². The van der Waals surface area contributed by atoms with Crippen LogP contribution in [0.3, 0.4) is 0 Å². The molecule has 0 fully saturated rings. The summed E-state index contributed by atoms with van der Waals surface area (Å²) >= 11 is 0. The fraction of sp³-hybridized carbons (Fsp3) is 0.529. The average Bonchev–Trinajstić information content (AvgIpc) is 2.42. The lowest BCUT2D eigenvalue weighted by Gasteiger charge is -2.16. The first kappa shape index (κ1) is 20.9. The van der Waals surface area contributed by atoms with Crippen LogP contribution >= 0.6 is 0 Å². The van der Waals surface area contributed by atoms with Gasteiger partial charge in [0.05, 0.1) is 6.04 Å². The molecule has 6 heteroatoms. The molecule has 5 N–H and O–H groups in total. The lowest BCUT2D eigenvalue weighted by molar-refractivity contribution is -0.121. The Morgan fingerprint density at radius 3 is 2.17 bits per heavy atom. The van der Waals surface area contributed by atoms with Crippen molar-refractivity contribution in [1.82, 2.24) is 5.32 Å². The van der Waals surface area contributed by atoms with Crippen molar-refractivity contribution in [2.24, 2.45) is 11.5 Å². The van der Waals surface area contributed by atoms with Crippen LogP contribution in [0.1, 0.15) is 39.7 Å². The Morgan fingerprint density at radius 2 is 1.78 bits per heavy atom. The van der Waals surface area contributed by atoms with Gasteiger partial charge in [0.15, 0.2) is 0 Å². The summed E-state index contributed by atoms with van der Waals surface area (Å²) in [6.07, 6.45) is 1.21. The van der Waals surface area contributed by atoms with Gasteiger partial charge in [0.2, 0.25) is 5.91 Å². The standard InChI is InChI=1S/C12H18N2O.C5H11NO2/c1-10(13)12(15)14-9-5-8-11-6-3-2-4-7-11;1-5(2,3)8-4(6)7/h2-4,6-7,10H,5,8-9,13H2,1H3,(H,14,15);1-3H3,(H2,6,7). The number of benzene rings is 1. The summed E-state index contributed by atoms with van der Waals surface area (Å²) in [5.74, 6) is -0.0805. The molecule has 2 amide bonds. The number of carbonyl (C=O) groups excluding carboxylic acids is 2. The van der Waals surface area contributed by atoms with Crippen molar-refractivity contribution < 1.29 is 14.3 Å². The molecule has 0 spiro atoms. The molecule has 0 saturated carbocycles. The number of rotatable bonds is 5. The van der Waals surface area contributed by atoms with Crippen molar-refractivity contribution in [3.8, 4) is 0 Å². The minimum absolute atomic E-state index is 0.0805. The van der Waals surface area contributed by atoms with Crippen LogP contribution in [-0.4, -0.2) is 30.2 Å². The Balaban J connectivity index is 0.000000515. The van der Waals surface area contributed by atoms with Gasteiger partial charge in [0, 0.05) is 6.54 Å². The zero-order valence-corrected chi connectivity index (χ0v) is 14.5. The molecule has 1 aromatic rings. The number of ether oxygens (including phenoxy) is 1. The molecule has 0 aromatic heterocycles. The monoisotopic (exact) mass is 323 g/mol. The maximum Gasteiger partial charge on any atom is 0.405 e. The number of hydrogen-bond acceptors (Lipinski definition) is 4. The van der Waals surface area contributed by atoms with Gasteiger partial charge in [-0.1, -0.05) is 30.3 Å². The lowest BCUT2D eigenvalue weighted by Crippen LogP contribution is -2.38. The SMILES string of the molecule is CC(C)(C)OC(N)=O.CC(N)C(=O)NCCCc1ccccc1. The second kappa shape index (κ2) is 10.6. The molecule has 0 aliphatic carbocycles. The first-order valence-corrected chi connectivity index (χ1v) is 7.67. The second-order valence-electron chi connectivity index (χ2n) is 6.20. The van der Waals surface area contributed by atoms with E-state index in [1.807, 2.05) is 18.2 Å². The molecule has 130 valence electrons. The zero-order chi connectivity index (χ0) is 17.9. The molecule has 0 heterocycles. The molecule has 23 heavy (non-hydrogen) atoms. The fourth-order valence-electron chi connectivity index (χ4n) is 1.61. The Bertz CT molecular complexity index is 468. The van der Waals surface area contributed by atoms with E-state index < -0.39 is 17.7 Å².